The first-order valence-corrected chi connectivity index (χ1v) is 9.77. The molecule has 0 fully saturated rings. The number of hydrogen-bond acceptors (Lipinski definition) is 3. The Hall–Kier alpha value is -4.33. The summed E-state index contributed by atoms with van der Waals surface area (Å²) in [6.45, 7) is 1.62. The van der Waals surface area contributed by atoms with Crippen LogP contribution in [0.2, 0.25) is 0 Å². The predicted octanol–water partition coefficient (Wildman–Crippen LogP) is 4.71. The van der Waals surface area contributed by atoms with Crippen molar-refractivity contribution in [3.63, 3.8) is 0 Å². The molecule has 5 aromatic rings. The fraction of sp³-hybridized carbons (Fsp3) is 0.0417. The first-order valence-electron chi connectivity index (χ1n) is 9.77. The molecular formula is C24H16F2N4O2. The first kappa shape index (κ1) is 19.6. The lowest BCUT2D eigenvalue weighted by Gasteiger charge is -2.08. The van der Waals surface area contributed by atoms with Crippen LogP contribution in [0.15, 0.2) is 71.7 Å². The number of aryl methyl sites for hydroxylation is 1. The fourth-order valence-electron chi connectivity index (χ4n) is 3.60. The quantitative estimate of drug-likeness (QED) is 0.435. The Bertz CT molecular complexity index is 1570. The minimum absolute atomic E-state index is 0.336. The highest BCUT2D eigenvalue weighted by Crippen LogP contribution is 2.23. The van der Waals surface area contributed by atoms with E-state index in [2.05, 4.69) is 15.4 Å². The number of aromatic nitrogens is 3. The second kappa shape index (κ2) is 7.42. The van der Waals surface area contributed by atoms with Crippen LogP contribution in [0.4, 0.5) is 14.5 Å². The van der Waals surface area contributed by atoms with Gasteiger partial charge in [0.2, 0.25) is 0 Å². The van der Waals surface area contributed by atoms with Gasteiger partial charge in [-0.3, -0.25) is 19.7 Å². The molecule has 5 rings (SSSR count). The highest BCUT2D eigenvalue weighted by Gasteiger charge is 2.15. The molecule has 32 heavy (non-hydrogen) atoms. The molecule has 0 unspecified atom stereocenters. The molecular weight excluding hydrogens is 414 g/mol. The van der Waals surface area contributed by atoms with Crippen molar-refractivity contribution in [2.75, 3.05) is 5.32 Å². The van der Waals surface area contributed by atoms with E-state index < -0.39 is 5.82 Å². The molecule has 0 bridgehead atoms. The van der Waals surface area contributed by atoms with Crippen LogP contribution in [0.25, 0.3) is 27.5 Å². The number of rotatable bonds is 3. The summed E-state index contributed by atoms with van der Waals surface area (Å²) in [5, 5.41) is 6.72. The van der Waals surface area contributed by atoms with Crippen LogP contribution in [-0.4, -0.2) is 20.7 Å². The van der Waals surface area contributed by atoms with Crippen molar-refractivity contribution >= 4 is 33.4 Å². The molecule has 0 radical (unpaired) electrons. The van der Waals surface area contributed by atoms with Gasteiger partial charge in [-0.15, -0.1) is 0 Å². The molecule has 0 aliphatic heterocycles. The highest BCUT2D eigenvalue weighted by atomic mass is 19.1. The molecule has 2 N–H and O–H groups in total. The van der Waals surface area contributed by atoms with E-state index in [0.29, 0.717) is 44.3 Å². The van der Waals surface area contributed by atoms with Gasteiger partial charge in [0, 0.05) is 22.8 Å². The zero-order valence-electron chi connectivity index (χ0n) is 16.8. The number of carbonyl (C=O) groups is 1. The molecule has 0 spiro atoms. The topological polar surface area (TPSA) is 79.8 Å². The van der Waals surface area contributed by atoms with Gasteiger partial charge in [-0.2, -0.15) is 0 Å². The van der Waals surface area contributed by atoms with Gasteiger partial charge >= 0.3 is 0 Å². The summed E-state index contributed by atoms with van der Waals surface area (Å²) < 4.78 is 28.1. The van der Waals surface area contributed by atoms with Crippen molar-refractivity contribution < 1.29 is 13.6 Å². The van der Waals surface area contributed by atoms with Crippen LogP contribution in [-0.2, 0) is 0 Å². The Morgan fingerprint density at radius 1 is 1.00 bits per heavy atom. The zero-order chi connectivity index (χ0) is 22.4. The van der Waals surface area contributed by atoms with Gasteiger partial charge in [0.05, 0.1) is 22.1 Å². The Kier molecular flexibility index (Phi) is 4.55. The van der Waals surface area contributed by atoms with Crippen LogP contribution in [0.5, 0.6) is 0 Å². The van der Waals surface area contributed by atoms with Crippen molar-refractivity contribution in [3.05, 3.63) is 100.0 Å². The van der Waals surface area contributed by atoms with E-state index >= 15 is 0 Å². The molecule has 3 aromatic carbocycles. The standard InChI is InChI=1S/C24H16F2N4O2/c1-13-10-16(5-8-20(13)26)28-23(31)14-2-9-21-18(11-14)22-19(12-27-21)24(32)30(29-22)17-6-3-15(25)4-7-17/h2-12,29H,1H3,(H,28,31). The Labute approximate surface area is 180 Å². The molecule has 1 amide bonds. The third-order valence-electron chi connectivity index (χ3n) is 5.29. The van der Waals surface area contributed by atoms with E-state index in [1.165, 1.54) is 47.3 Å². The van der Waals surface area contributed by atoms with Gasteiger partial charge in [0.1, 0.15) is 11.6 Å². The van der Waals surface area contributed by atoms with Gasteiger partial charge in [-0.25, -0.2) is 13.5 Å². The van der Waals surface area contributed by atoms with Crippen LogP contribution < -0.4 is 10.9 Å². The van der Waals surface area contributed by atoms with Crippen molar-refractivity contribution in [3.8, 4) is 5.69 Å². The average molecular weight is 430 g/mol. The number of nitrogens with zero attached hydrogens (tertiary/aromatic N) is 2. The van der Waals surface area contributed by atoms with Gasteiger partial charge < -0.3 is 5.32 Å². The molecule has 6 nitrogen and oxygen atoms in total. The lowest BCUT2D eigenvalue weighted by molar-refractivity contribution is 0.102. The number of hydrogen-bond donors (Lipinski definition) is 2. The van der Waals surface area contributed by atoms with E-state index in [9.17, 15) is 18.4 Å². The highest BCUT2D eigenvalue weighted by molar-refractivity contribution is 6.10. The maximum atomic E-state index is 13.5. The number of fused-ring (bicyclic) bond motifs is 3. The summed E-state index contributed by atoms with van der Waals surface area (Å²) in [5.41, 5.74) is 2.49. The number of pyridine rings is 1. The molecule has 0 saturated heterocycles. The molecule has 0 aliphatic carbocycles. The van der Waals surface area contributed by atoms with Crippen LogP contribution >= 0.6 is 0 Å². The van der Waals surface area contributed by atoms with Crippen LogP contribution in [0, 0.1) is 18.6 Å². The summed E-state index contributed by atoms with van der Waals surface area (Å²) in [6.07, 6.45) is 1.47. The molecule has 0 aliphatic rings. The molecule has 8 heteroatoms. The van der Waals surface area contributed by atoms with E-state index in [1.807, 2.05) is 0 Å². The molecule has 0 saturated carbocycles. The second-order valence-corrected chi connectivity index (χ2v) is 7.43. The maximum absolute atomic E-state index is 13.5. The van der Waals surface area contributed by atoms with E-state index in [0.717, 1.165) is 0 Å². The molecule has 0 atom stereocenters. The average Bonchev–Trinajstić information content (AvgIpc) is 3.13. The van der Waals surface area contributed by atoms with Crippen molar-refractivity contribution in [1.29, 1.82) is 0 Å². The smallest absolute Gasteiger partial charge is 0.280 e. The fourth-order valence-corrected chi connectivity index (χ4v) is 3.60. The second-order valence-electron chi connectivity index (χ2n) is 7.43. The van der Waals surface area contributed by atoms with Gasteiger partial charge in [0.25, 0.3) is 11.5 Å². The zero-order valence-corrected chi connectivity index (χ0v) is 16.8. The SMILES string of the molecule is Cc1cc(NC(=O)c2ccc3ncc4c(=O)n(-c5ccc(F)cc5)[nH]c4c3c2)ccc1F. The first-order chi connectivity index (χ1) is 15.4. The Morgan fingerprint density at radius 2 is 1.78 bits per heavy atom. The number of anilines is 1. The number of H-pyrrole nitrogens is 1. The lowest BCUT2D eigenvalue weighted by Crippen LogP contribution is -2.14. The molecule has 158 valence electrons. The number of carbonyl (C=O) groups excluding carboxylic acids is 1. The summed E-state index contributed by atoms with van der Waals surface area (Å²) in [7, 11) is 0. The lowest BCUT2D eigenvalue weighted by atomic mass is 10.1. The minimum Gasteiger partial charge on any atom is -0.322 e. The largest absolute Gasteiger partial charge is 0.322 e. The number of nitrogens with one attached hydrogen (secondary N) is 2. The Morgan fingerprint density at radius 3 is 2.53 bits per heavy atom. The normalized spacial score (nSPS) is 11.2. The van der Waals surface area contributed by atoms with E-state index in [-0.39, 0.29) is 17.3 Å². The summed E-state index contributed by atoms with van der Waals surface area (Å²) in [5.74, 6) is -1.14. The van der Waals surface area contributed by atoms with Gasteiger partial charge in [-0.05, 0) is 73.2 Å². The number of amides is 1. The summed E-state index contributed by atoms with van der Waals surface area (Å²) in [6, 6.07) is 14.8. The Balaban J connectivity index is 1.59. The van der Waals surface area contributed by atoms with E-state index in [1.54, 1.807) is 31.2 Å². The molecule has 2 aromatic heterocycles. The number of aromatic amines is 1. The van der Waals surface area contributed by atoms with E-state index in [4.69, 9.17) is 0 Å². The monoisotopic (exact) mass is 430 g/mol. The van der Waals surface area contributed by atoms with Crippen LogP contribution in [0.1, 0.15) is 15.9 Å². The third kappa shape index (κ3) is 3.31. The summed E-state index contributed by atoms with van der Waals surface area (Å²) in [4.78, 5) is 30.0. The van der Waals surface area contributed by atoms with Crippen molar-refractivity contribution in [1.82, 2.24) is 14.8 Å². The number of benzene rings is 3. The van der Waals surface area contributed by atoms with Crippen molar-refractivity contribution in [2.45, 2.75) is 6.92 Å². The maximum Gasteiger partial charge on any atom is 0.280 e. The molecule has 2 heterocycles. The third-order valence-corrected chi connectivity index (χ3v) is 5.29. The predicted molar refractivity (Wildman–Crippen MR) is 118 cm³/mol. The summed E-state index contributed by atoms with van der Waals surface area (Å²) >= 11 is 0. The number of halogens is 2. The van der Waals surface area contributed by atoms with Gasteiger partial charge in [0.15, 0.2) is 0 Å². The van der Waals surface area contributed by atoms with Crippen LogP contribution in [0.3, 0.4) is 0 Å². The van der Waals surface area contributed by atoms with Crippen molar-refractivity contribution in [2.24, 2.45) is 0 Å². The minimum atomic E-state index is -0.406. The van der Waals surface area contributed by atoms with Gasteiger partial charge in [-0.1, -0.05) is 0 Å².